The number of amides is 2. The van der Waals surface area contributed by atoms with Gasteiger partial charge in [0.1, 0.15) is 11.9 Å². The molecule has 0 aromatic heterocycles. The van der Waals surface area contributed by atoms with Crippen molar-refractivity contribution in [2.45, 2.75) is 24.6 Å². The Kier molecular flexibility index (Phi) is 6.97. The number of aliphatic imine (C=N–C) groups is 2. The van der Waals surface area contributed by atoms with Gasteiger partial charge in [0.05, 0.1) is 12.1 Å². The summed E-state index contributed by atoms with van der Waals surface area (Å²) < 4.78 is 0. The van der Waals surface area contributed by atoms with E-state index in [1.807, 2.05) is 78.9 Å². The average molecular weight is 503 g/mol. The Morgan fingerprint density at radius 1 is 1.00 bits per heavy atom. The van der Waals surface area contributed by atoms with Crippen LogP contribution >= 0.6 is 23.4 Å². The molecule has 0 saturated heterocycles. The third-order valence-corrected chi connectivity index (χ3v) is 7.01. The molecule has 176 valence electrons. The molecule has 0 bridgehead atoms. The van der Waals surface area contributed by atoms with Gasteiger partial charge in [0, 0.05) is 22.9 Å². The van der Waals surface area contributed by atoms with E-state index in [4.69, 9.17) is 16.6 Å². The molecule has 8 heteroatoms. The van der Waals surface area contributed by atoms with E-state index in [2.05, 4.69) is 10.3 Å². The molecule has 6 nitrogen and oxygen atoms in total. The zero-order valence-corrected chi connectivity index (χ0v) is 20.4. The van der Waals surface area contributed by atoms with Crippen molar-refractivity contribution in [3.63, 3.8) is 0 Å². The van der Waals surface area contributed by atoms with Gasteiger partial charge in [-0.15, -0.1) is 0 Å². The summed E-state index contributed by atoms with van der Waals surface area (Å²) in [5.74, 6) is 0.728. The second-order valence-electron chi connectivity index (χ2n) is 8.26. The highest BCUT2D eigenvalue weighted by atomic mass is 35.5. The SMILES string of the molecule is O=C(C[C@@H]1N=C2c3ccccc3N=C(SCc3cccc(Cl)c3)N2C1=O)NCCc1ccccc1. The van der Waals surface area contributed by atoms with Crippen LogP contribution in [0, 0.1) is 0 Å². The van der Waals surface area contributed by atoms with E-state index in [0.717, 1.165) is 28.8 Å². The molecule has 2 aliphatic heterocycles. The number of amidine groups is 2. The molecular weight excluding hydrogens is 480 g/mol. The molecule has 0 radical (unpaired) electrons. The number of hydrogen-bond acceptors (Lipinski definition) is 5. The summed E-state index contributed by atoms with van der Waals surface area (Å²) in [5, 5.41) is 4.13. The Morgan fingerprint density at radius 2 is 1.77 bits per heavy atom. The van der Waals surface area contributed by atoms with E-state index in [1.54, 1.807) is 4.90 Å². The molecule has 3 aromatic rings. The first-order valence-corrected chi connectivity index (χ1v) is 12.7. The fourth-order valence-corrected chi connectivity index (χ4v) is 5.20. The van der Waals surface area contributed by atoms with Gasteiger partial charge in [-0.25, -0.2) is 9.89 Å². The van der Waals surface area contributed by atoms with Crippen molar-refractivity contribution in [2.75, 3.05) is 6.54 Å². The van der Waals surface area contributed by atoms with Crippen LogP contribution in [0.1, 0.15) is 23.1 Å². The van der Waals surface area contributed by atoms with Crippen LogP contribution in [-0.4, -0.2) is 40.3 Å². The molecule has 0 fully saturated rings. The lowest BCUT2D eigenvalue weighted by Crippen LogP contribution is -2.42. The van der Waals surface area contributed by atoms with E-state index < -0.39 is 6.04 Å². The first-order chi connectivity index (χ1) is 17.1. The Labute approximate surface area is 213 Å². The lowest BCUT2D eigenvalue weighted by atomic mass is 10.1. The quantitative estimate of drug-likeness (QED) is 0.495. The second-order valence-corrected chi connectivity index (χ2v) is 9.64. The van der Waals surface area contributed by atoms with Crippen molar-refractivity contribution >= 4 is 51.9 Å². The predicted octanol–water partition coefficient (Wildman–Crippen LogP) is 4.98. The lowest BCUT2D eigenvalue weighted by Gasteiger charge is -2.25. The summed E-state index contributed by atoms with van der Waals surface area (Å²) in [5.41, 5.74) is 3.73. The minimum absolute atomic E-state index is 0.00201. The van der Waals surface area contributed by atoms with E-state index in [-0.39, 0.29) is 18.2 Å². The summed E-state index contributed by atoms with van der Waals surface area (Å²) in [6, 6.07) is 24.4. The molecule has 35 heavy (non-hydrogen) atoms. The van der Waals surface area contributed by atoms with Crippen LogP contribution in [0.25, 0.3) is 0 Å². The van der Waals surface area contributed by atoms with Gasteiger partial charge in [0.2, 0.25) is 5.91 Å². The van der Waals surface area contributed by atoms with Crippen molar-refractivity contribution < 1.29 is 9.59 Å². The van der Waals surface area contributed by atoms with Gasteiger partial charge in [-0.2, -0.15) is 0 Å². The Balaban J connectivity index is 1.29. The molecular formula is C27H23ClN4O2S. The summed E-state index contributed by atoms with van der Waals surface area (Å²) in [6.45, 7) is 0.509. The van der Waals surface area contributed by atoms with Crippen molar-refractivity contribution in [1.29, 1.82) is 0 Å². The summed E-state index contributed by atoms with van der Waals surface area (Å²) in [6.07, 6.45) is 0.734. The predicted molar refractivity (Wildman–Crippen MR) is 141 cm³/mol. The Bertz CT molecular complexity index is 1330. The molecule has 0 spiro atoms. The maximum absolute atomic E-state index is 13.4. The number of halogens is 1. The van der Waals surface area contributed by atoms with Gasteiger partial charge in [-0.3, -0.25) is 14.6 Å². The monoisotopic (exact) mass is 502 g/mol. The molecule has 1 N–H and O–H groups in total. The number of nitrogens with zero attached hydrogens (tertiary/aromatic N) is 3. The number of carbonyl (C=O) groups is 2. The normalized spacial score (nSPS) is 16.3. The van der Waals surface area contributed by atoms with Gasteiger partial charge in [-0.1, -0.05) is 78.0 Å². The van der Waals surface area contributed by atoms with E-state index in [1.165, 1.54) is 11.8 Å². The third-order valence-electron chi connectivity index (χ3n) is 5.76. The van der Waals surface area contributed by atoms with Crippen molar-refractivity contribution in [3.05, 3.63) is 101 Å². The zero-order chi connectivity index (χ0) is 24.2. The van der Waals surface area contributed by atoms with E-state index in [9.17, 15) is 9.59 Å². The number of thioether (sulfide) groups is 1. The number of nitrogens with one attached hydrogen (secondary N) is 1. The van der Waals surface area contributed by atoms with Crippen molar-refractivity contribution in [2.24, 2.45) is 9.98 Å². The van der Waals surface area contributed by atoms with Gasteiger partial charge in [-0.05, 0) is 41.8 Å². The van der Waals surface area contributed by atoms with Crippen LogP contribution in [-0.2, 0) is 21.8 Å². The fraction of sp³-hybridized carbons (Fsp3) is 0.185. The van der Waals surface area contributed by atoms with Crippen molar-refractivity contribution in [1.82, 2.24) is 10.2 Å². The minimum Gasteiger partial charge on any atom is -0.356 e. The number of carbonyl (C=O) groups excluding carboxylic acids is 2. The van der Waals surface area contributed by atoms with Crippen LogP contribution < -0.4 is 5.32 Å². The molecule has 1 atom stereocenters. The standard InChI is InChI=1S/C27H23ClN4O2S/c28-20-10-6-9-19(15-20)17-35-27-31-22-12-5-4-11-21(22)25-30-23(26(34)32(25)27)16-24(33)29-14-13-18-7-2-1-3-8-18/h1-12,15,23H,13-14,16-17H2,(H,29,33)/t23-/m0/s1. The highest BCUT2D eigenvalue weighted by molar-refractivity contribution is 8.13. The van der Waals surface area contributed by atoms with Gasteiger partial charge in [0.15, 0.2) is 5.17 Å². The van der Waals surface area contributed by atoms with Crippen LogP contribution in [0.5, 0.6) is 0 Å². The molecule has 0 saturated carbocycles. The maximum Gasteiger partial charge on any atom is 0.259 e. The second kappa shape index (κ2) is 10.5. The molecule has 5 rings (SSSR count). The fourth-order valence-electron chi connectivity index (χ4n) is 4.05. The molecule has 3 aromatic carbocycles. The number of benzene rings is 3. The Hall–Kier alpha value is -3.42. The van der Waals surface area contributed by atoms with Gasteiger partial charge >= 0.3 is 0 Å². The van der Waals surface area contributed by atoms with Crippen LogP contribution in [0.15, 0.2) is 88.8 Å². The summed E-state index contributed by atoms with van der Waals surface area (Å²) in [4.78, 5) is 37.0. The first kappa shape index (κ1) is 23.3. The van der Waals surface area contributed by atoms with Crippen LogP contribution in [0.2, 0.25) is 5.02 Å². The topological polar surface area (TPSA) is 74.1 Å². The van der Waals surface area contributed by atoms with Crippen LogP contribution in [0.4, 0.5) is 5.69 Å². The number of fused-ring (bicyclic) bond motifs is 3. The van der Waals surface area contributed by atoms with Gasteiger partial charge in [0.25, 0.3) is 5.91 Å². The minimum atomic E-state index is -0.773. The van der Waals surface area contributed by atoms with E-state index >= 15 is 0 Å². The van der Waals surface area contributed by atoms with Crippen molar-refractivity contribution in [3.8, 4) is 0 Å². The molecule has 2 amide bonds. The third kappa shape index (κ3) is 5.31. The molecule has 0 aliphatic carbocycles. The highest BCUT2D eigenvalue weighted by Gasteiger charge is 2.42. The largest absolute Gasteiger partial charge is 0.356 e. The maximum atomic E-state index is 13.4. The molecule has 0 unspecified atom stereocenters. The summed E-state index contributed by atoms with van der Waals surface area (Å²) in [7, 11) is 0. The number of rotatable bonds is 7. The number of hydrogen-bond donors (Lipinski definition) is 1. The molecule has 2 aliphatic rings. The zero-order valence-electron chi connectivity index (χ0n) is 18.9. The lowest BCUT2D eigenvalue weighted by molar-refractivity contribution is -0.128. The van der Waals surface area contributed by atoms with E-state index in [0.29, 0.717) is 28.3 Å². The number of para-hydroxylation sites is 1. The first-order valence-electron chi connectivity index (χ1n) is 11.4. The smallest absolute Gasteiger partial charge is 0.259 e. The molecule has 2 heterocycles. The average Bonchev–Trinajstić information content (AvgIpc) is 3.19. The van der Waals surface area contributed by atoms with Crippen LogP contribution in [0.3, 0.4) is 0 Å². The van der Waals surface area contributed by atoms with Gasteiger partial charge < -0.3 is 5.32 Å². The highest BCUT2D eigenvalue weighted by Crippen LogP contribution is 2.35. The summed E-state index contributed by atoms with van der Waals surface area (Å²) >= 11 is 7.57. The Morgan fingerprint density at radius 3 is 2.60 bits per heavy atom.